The summed E-state index contributed by atoms with van der Waals surface area (Å²) >= 11 is 1.16. The Kier molecular flexibility index (Phi) is 3.47. The number of hydrogen-bond acceptors (Lipinski definition) is 4. The molecule has 21 heavy (non-hydrogen) atoms. The maximum atomic E-state index is 12.2. The van der Waals surface area contributed by atoms with Crippen LogP contribution in [0, 0.1) is 0 Å². The molecular weight excluding hydrogens is 284 g/mol. The van der Waals surface area contributed by atoms with E-state index in [9.17, 15) is 9.59 Å². The molecule has 1 saturated heterocycles. The van der Waals surface area contributed by atoms with Gasteiger partial charge in [0, 0.05) is 5.69 Å². The van der Waals surface area contributed by atoms with Crippen LogP contribution in [-0.4, -0.2) is 21.9 Å². The molecule has 1 fully saturated rings. The molecule has 0 spiro atoms. The number of anilines is 1. The second kappa shape index (κ2) is 5.16. The SMILES string of the molecule is CC1(C)N[C@@H](C(=O)Nc2ccc3ccccc3c2)C(=O)S1. The molecule has 0 aromatic heterocycles. The summed E-state index contributed by atoms with van der Waals surface area (Å²) in [6.07, 6.45) is 0. The maximum Gasteiger partial charge on any atom is 0.250 e. The first-order chi connectivity index (χ1) is 9.94. The molecule has 108 valence electrons. The molecule has 1 heterocycles. The minimum atomic E-state index is -0.795. The van der Waals surface area contributed by atoms with Gasteiger partial charge in [0.25, 0.3) is 0 Å². The Balaban J connectivity index is 1.79. The van der Waals surface area contributed by atoms with Gasteiger partial charge in [-0.05, 0) is 36.8 Å². The van der Waals surface area contributed by atoms with Crippen LogP contribution in [0.4, 0.5) is 5.69 Å². The first-order valence-corrected chi connectivity index (χ1v) is 7.56. The minimum Gasteiger partial charge on any atom is -0.324 e. The van der Waals surface area contributed by atoms with Crippen LogP contribution in [0.3, 0.4) is 0 Å². The van der Waals surface area contributed by atoms with Gasteiger partial charge in [-0.3, -0.25) is 14.9 Å². The zero-order chi connectivity index (χ0) is 15.0. The summed E-state index contributed by atoms with van der Waals surface area (Å²) in [5, 5.41) is 7.87. The van der Waals surface area contributed by atoms with Crippen molar-refractivity contribution in [2.24, 2.45) is 0 Å². The molecule has 1 amide bonds. The molecule has 0 bridgehead atoms. The lowest BCUT2D eigenvalue weighted by Crippen LogP contribution is -2.45. The van der Waals surface area contributed by atoms with Crippen molar-refractivity contribution in [2.45, 2.75) is 24.8 Å². The fraction of sp³-hybridized carbons (Fsp3) is 0.250. The Morgan fingerprint density at radius 3 is 2.57 bits per heavy atom. The number of nitrogens with one attached hydrogen (secondary N) is 2. The van der Waals surface area contributed by atoms with Crippen LogP contribution in [-0.2, 0) is 9.59 Å². The first-order valence-electron chi connectivity index (χ1n) is 6.75. The average molecular weight is 300 g/mol. The number of thioether (sulfide) groups is 1. The van der Waals surface area contributed by atoms with E-state index >= 15 is 0 Å². The van der Waals surface area contributed by atoms with Crippen LogP contribution >= 0.6 is 11.8 Å². The van der Waals surface area contributed by atoms with Gasteiger partial charge in [-0.15, -0.1) is 0 Å². The highest BCUT2D eigenvalue weighted by Crippen LogP contribution is 2.31. The quantitative estimate of drug-likeness (QED) is 0.837. The summed E-state index contributed by atoms with van der Waals surface area (Å²) in [5.74, 6) is -0.312. The largest absolute Gasteiger partial charge is 0.324 e. The number of carbonyl (C=O) groups excluding carboxylic acids is 2. The second-order valence-corrected chi connectivity index (χ2v) is 7.19. The molecule has 0 radical (unpaired) electrons. The minimum absolute atomic E-state index is 0.140. The van der Waals surface area contributed by atoms with E-state index in [0.717, 1.165) is 22.5 Å². The van der Waals surface area contributed by atoms with Gasteiger partial charge < -0.3 is 5.32 Å². The lowest BCUT2D eigenvalue weighted by Gasteiger charge is -2.17. The van der Waals surface area contributed by atoms with Crippen LogP contribution in [0.1, 0.15) is 13.8 Å². The molecule has 1 aliphatic rings. The zero-order valence-corrected chi connectivity index (χ0v) is 12.7. The highest BCUT2D eigenvalue weighted by Gasteiger charge is 2.42. The zero-order valence-electron chi connectivity index (χ0n) is 11.8. The van der Waals surface area contributed by atoms with Gasteiger partial charge in [-0.2, -0.15) is 0 Å². The molecule has 0 saturated carbocycles. The van der Waals surface area contributed by atoms with Crippen LogP contribution in [0.5, 0.6) is 0 Å². The van der Waals surface area contributed by atoms with E-state index in [4.69, 9.17) is 0 Å². The predicted molar refractivity (Wildman–Crippen MR) is 86.2 cm³/mol. The van der Waals surface area contributed by atoms with Gasteiger partial charge >= 0.3 is 0 Å². The van der Waals surface area contributed by atoms with E-state index in [1.165, 1.54) is 0 Å². The summed E-state index contributed by atoms with van der Waals surface area (Å²) in [6, 6.07) is 12.8. The lowest BCUT2D eigenvalue weighted by molar-refractivity contribution is -0.123. The van der Waals surface area contributed by atoms with E-state index in [1.807, 2.05) is 56.3 Å². The van der Waals surface area contributed by atoms with Gasteiger partial charge in [-0.25, -0.2) is 0 Å². The molecule has 0 aliphatic carbocycles. The van der Waals surface area contributed by atoms with Gasteiger partial charge in [-0.1, -0.05) is 42.1 Å². The molecule has 1 aliphatic heterocycles. The third-order valence-corrected chi connectivity index (χ3v) is 4.43. The van der Waals surface area contributed by atoms with E-state index in [0.29, 0.717) is 5.69 Å². The van der Waals surface area contributed by atoms with Crippen molar-refractivity contribution in [1.29, 1.82) is 0 Å². The van der Waals surface area contributed by atoms with Crippen molar-refractivity contribution in [3.8, 4) is 0 Å². The van der Waals surface area contributed by atoms with Crippen molar-refractivity contribution in [2.75, 3.05) is 5.32 Å². The van der Waals surface area contributed by atoms with Crippen LogP contribution in [0.25, 0.3) is 10.8 Å². The van der Waals surface area contributed by atoms with Crippen LogP contribution in [0.2, 0.25) is 0 Å². The molecule has 4 nitrogen and oxygen atoms in total. The smallest absolute Gasteiger partial charge is 0.250 e. The van der Waals surface area contributed by atoms with E-state index in [-0.39, 0.29) is 11.0 Å². The molecule has 5 heteroatoms. The van der Waals surface area contributed by atoms with Crippen LogP contribution < -0.4 is 10.6 Å². The monoisotopic (exact) mass is 300 g/mol. The number of fused-ring (bicyclic) bond motifs is 1. The van der Waals surface area contributed by atoms with Crippen molar-refractivity contribution in [1.82, 2.24) is 5.32 Å². The summed E-state index contributed by atoms with van der Waals surface area (Å²) < 4.78 is 0. The molecule has 3 rings (SSSR count). The van der Waals surface area contributed by atoms with Crippen LogP contribution in [0.15, 0.2) is 42.5 Å². The predicted octanol–water partition coefficient (Wildman–Crippen LogP) is 2.75. The molecule has 2 aromatic rings. The maximum absolute atomic E-state index is 12.2. The average Bonchev–Trinajstić information content (AvgIpc) is 2.72. The highest BCUT2D eigenvalue weighted by molar-refractivity contribution is 8.15. The summed E-state index contributed by atoms with van der Waals surface area (Å²) in [7, 11) is 0. The first kappa shape index (κ1) is 14.1. The molecule has 1 atom stereocenters. The number of amides is 1. The van der Waals surface area contributed by atoms with Crippen molar-refractivity contribution < 1.29 is 9.59 Å². The van der Waals surface area contributed by atoms with Crippen molar-refractivity contribution >= 4 is 39.2 Å². The van der Waals surface area contributed by atoms with E-state index in [1.54, 1.807) is 0 Å². The number of benzene rings is 2. The van der Waals surface area contributed by atoms with Gasteiger partial charge in [0.15, 0.2) is 6.04 Å². The summed E-state index contributed by atoms with van der Waals surface area (Å²) in [5.41, 5.74) is 0.697. The Labute approximate surface area is 127 Å². The van der Waals surface area contributed by atoms with Gasteiger partial charge in [0.2, 0.25) is 11.0 Å². The Bertz CT molecular complexity index is 727. The summed E-state index contributed by atoms with van der Waals surface area (Å²) in [6.45, 7) is 3.78. The van der Waals surface area contributed by atoms with Crippen molar-refractivity contribution in [3.63, 3.8) is 0 Å². The highest BCUT2D eigenvalue weighted by atomic mass is 32.2. The molecule has 2 aromatic carbocycles. The van der Waals surface area contributed by atoms with E-state index in [2.05, 4.69) is 10.6 Å². The Hall–Kier alpha value is -1.85. The van der Waals surface area contributed by atoms with Gasteiger partial charge in [0.05, 0.1) is 4.87 Å². The second-order valence-electron chi connectivity index (χ2n) is 5.56. The third kappa shape index (κ3) is 2.94. The Morgan fingerprint density at radius 1 is 1.19 bits per heavy atom. The molecular formula is C16H16N2O2S. The molecule has 0 unspecified atom stereocenters. The number of hydrogen-bond donors (Lipinski definition) is 2. The fourth-order valence-electron chi connectivity index (χ4n) is 2.40. The van der Waals surface area contributed by atoms with Crippen molar-refractivity contribution in [3.05, 3.63) is 42.5 Å². The standard InChI is InChI=1S/C16H16N2O2S/c1-16(2)18-13(15(20)21-16)14(19)17-12-8-7-10-5-3-4-6-11(10)9-12/h3-9,13,18H,1-2H3,(H,17,19)/t13-/m0/s1. The van der Waals surface area contributed by atoms with E-state index < -0.39 is 10.9 Å². The molecule has 2 N–H and O–H groups in total. The normalized spacial score (nSPS) is 20.7. The number of carbonyl (C=O) groups is 2. The fourth-order valence-corrected chi connectivity index (χ4v) is 3.36. The third-order valence-electron chi connectivity index (χ3n) is 3.36. The Morgan fingerprint density at radius 2 is 1.90 bits per heavy atom. The topological polar surface area (TPSA) is 58.2 Å². The van der Waals surface area contributed by atoms with Gasteiger partial charge in [0.1, 0.15) is 0 Å². The number of rotatable bonds is 2. The summed E-state index contributed by atoms with van der Waals surface area (Å²) in [4.78, 5) is 23.7. The lowest BCUT2D eigenvalue weighted by atomic mass is 10.1.